The van der Waals surface area contributed by atoms with Crippen molar-refractivity contribution in [2.75, 3.05) is 13.2 Å². The topological polar surface area (TPSA) is 71.1 Å². The van der Waals surface area contributed by atoms with Crippen molar-refractivity contribution in [3.63, 3.8) is 0 Å². The lowest BCUT2D eigenvalue weighted by atomic mass is 9.95. The van der Waals surface area contributed by atoms with Crippen LogP contribution in [0.5, 0.6) is 0 Å². The van der Waals surface area contributed by atoms with Crippen LogP contribution in [0.15, 0.2) is 37.5 Å². The summed E-state index contributed by atoms with van der Waals surface area (Å²) < 4.78 is 22.0. The molecule has 2 aliphatic rings. The molecule has 0 amide bonds. The van der Waals surface area contributed by atoms with Gasteiger partial charge in [-0.1, -0.05) is 12.2 Å². The van der Waals surface area contributed by atoms with Crippen LogP contribution in [0.2, 0.25) is 0 Å². The van der Waals surface area contributed by atoms with Gasteiger partial charge in [-0.15, -0.1) is 13.2 Å². The number of rotatable bonds is 10. The van der Waals surface area contributed by atoms with E-state index in [1.54, 1.807) is 12.2 Å². The Bertz CT molecular complexity index is 491. The summed E-state index contributed by atoms with van der Waals surface area (Å²) in [6.45, 7) is 8.36. The van der Waals surface area contributed by atoms with Gasteiger partial charge in [0.25, 0.3) is 0 Å². The Morgan fingerprint density at radius 3 is 1.29 bits per heavy atom. The first-order valence-electron chi connectivity index (χ1n) is 10.1. The van der Waals surface area contributed by atoms with Crippen LogP contribution in [0, 0.1) is 0 Å². The average Bonchev–Trinajstić information content (AvgIpc) is 2.71. The standard InChI is InChI=1S/C22H32O6/c1-3-15-25-17-5-9-19(10-6-17)27-21(23)13-14-22(24)28-20-11-7-18(8-12-20)26-16-4-2/h3-4,13-14,17-20H,1-2,5-12,15-16H2/b14-13-. The van der Waals surface area contributed by atoms with E-state index >= 15 is 0 Å². The normalized spacial score (nSPS) is 27.9. The SMILES string of the molecule is C=CCOC1CCC(OC(=O)/C=C\C(=O)OC2CCC(OCC=C)CC2)CC1. The molecule has 0 aromatic rings. The summed E-state index contributed by atoms with van der Waals surface area (Å²) >= 11 is 0. The van der Waals surface area contributed by atoms with Crippen LogP contribution < -0.4 is 0 Å². The van der Waals surface area contributed by atoms with Crippen LogP contribution >= 0.6 is 0 Å². The lowest BCUT2D eigenvalue weighted by molar-refractivity contribution is -0.148. The third kappa shape index (κ3) is 8.40. The van der Waals surface area contributed by atoms with Gasteiger partial charge < -0.3 is 18.9 Å². The molecule has 0 saturated heterocycles. The Morgan fingerprint density at radius 1 is 0.643 bits per heavy atom. The van der Waals surface area contributed by atoms with E-state index in [0.29, 0.717) is 13.2 Å². The van der Waals surface area contributed by atoms with E-state index < -0.39 is 11.9 Å². The van der Waals surface area contributed by atoms with Crippen molar-refractivity contribution in [2.24, 2.45) is 0 Å². The van der Waals surface area contributed by atoms with Gasteiger partial charge in [0.05, 0.1) is 25.4 Å². The molecule has 2 aliphatic carbocycles. The maximum absolute atomic E-state index is 11.9. The van der Waals surface area contributed by atoms with Gasteiger partial charge in [0, 0.05) is 12.2 Å². The zero-order chi connectivity index (χ0) is 20.2. The molecule has 0 aliphatic heterocycles. The van der Waals surface area contributed by atoms with Gasteiger partial charge in [0.2, 0.25) is 0 Å². The molecular weight excluding hydrogens is 360 g/mol. The molecule has 0 bridgehead atoms. The minimum absolute atomic E-state index is 0.123. The molecule has 2 saturated carbocycles. The second-order valence-corrected chi connectivity index (χ2v) is 7.25. The summed E-state index contributed by atoms with van der Waals surface area (Å²) in [5, 5.41) is 0. The molecule has 0 unspecified atom stereocenters. The maximum atomic E-state index is 11.9. The van der Waals surface area contributed by atoms with Crippen LogP contribution in [0.25, 0.3) is 0 Å². The Labute approximate surface area is 167 Å². The Balaban J connectivity index is 1.61. The van der Waals surface area contributed by atoms with Gasteiger partial charge in [-0.05, 0) is 51.4 Å². The molecule has 6 heteroatoms. The third-order valence-corrected chi connectivity index (χ3v) is 5.06. The molecule has 0 N–H and O–H groups in total. The number of hydrogen-bond acceptors (Lipinski definition) is 6. The zero-order valence-electron chi connectivity index (χ0n) is 16.6. The highest BCUT2D eigenvalue weighted by molar-refractivity contribution is 5.91. The fourth-order valence-electron chi connectivity index (χ4n) is 3.58. The van der Waals surface area contributed by atoms with Gasteiger partial charge in [0.1, 0.15) is 12.2 Å². The molecular formula is C22H32O6. The predicted octanol–water partition coefficient (Wildman–Crippen LogP) is 3.66. The van der Waals surface area contributed by atoms with E-state index in [1.807, 2.05) is 0 Å². The lowest BCUT2D eigenvalue weighted by Gasteiger charge is -2.28. The monoisotopic (exact) mass is 392 g/mol. The summed E-state index contributed by atoms with van der Waals surface area (Å²) in [5.74, 6) is -1.01. The number of ether oxygens (including phenoxy) is 4. The van der Waals surface area contributed by atoms with Crippen molar-refractivity contribution in [3.8, 4) is 0 Å². The number of hydrogen-bond donors (Lipinski definition) is 0. The number of carbonyl (C=O) groups is 2. The summed E-state index contributed by atoms with van der Waals surface area (Å²) in [5.41, 5.74) is 0. The van der Waals surface area contributed by atoms with Crippen LogP contribution in [0.4, 0.5) is 0 Å². The number of carbonyl (C=O) groups excluding carboxylic acids is 2. The highest BCUT2D eigenvalue weighted by atomic mass is 16.6. The van der Waals surface area contributed by atoms with Crippen molar-refractivity contribution < 1.29 is 28.5 Å². The smallest absolute Gasteiger partial charge is 0.331 e. The van der Waals surface area contributed by atoms with Gasteiger partial charge >= 0.3 is 11.9 Å². The van der Waals surface area contributed by atoms with Gasteiger partial charge in [0.15, 0.2) is 0 Å². The molecule has 0 spiro atoms. The van der Waals surface area contributed by atoms with Crippen LogP contribution in [-0.4, -0.2) is 49.6 Å². The fraction of sp³-hybridized carbons (Fsp3) is 0.636. The quantitative estimate of drug-likeness (QED) is 0.321. The maximum Gasteiger partial charge on any atom is 0.331 e. The van der Waals surface area contributed by atoms with Crippen LogP contribution in [0.3, 0.4) is 0 Å². The van der Waals surface area contributed by atoms with Crippen LogP contribution in [0.1, 0.15) is 51.4 Å². The second kappa shape index (κ2) is 12.5. The van der Waals surface area contributed by atoms with Gasteiger partial charge in [-0.3, -0.25) is 0 Å². The first-order chi connectivity index (χ1) is 13.6. The fourth-order valence-corrected chi connectivity index (χ4v) is 3.58. The molecule has 2 fully saturated rings. The van der Waals surface area contributed by atoms with Crippen molar-refractivity contribution in [1.29, 1.82) is 0 Å². The highest BCUT2D eigenvalue weighted by Gasteiger charge is 2.25. The molecule has 6 nitrogen and oxygen atoms in total. The van der Waals surface area contributed by atoms with Gasteiger partial charge in [-0.2, -0.15) is 0 Å². The number of esters is 2. The minimum Gasteiger partial charge on any atom is -0.459 e. The molecule has 0 aromatic carbocycles. The zero-order valence-corrected chi connectivity index (χ0v) is 16.6. The minimum atomic E-state index is -0.506. The molecule has 0 heterocycles. The van der Waals surface area contributed by atoms with Gasteiger partial charge in [-0.25, -0.2) is 9.59 Å². The summed E-state index contributed by atoms with van der Waals surface area (Å²) in [7, 11) is 0. The third-order valence-electron chi connectivity index (χ3n) is 5.06. The van der Waals surface area contributed by atoms with Crippen molar-refractivity contribution >= 4 is 11.9 Å². The Morgan fingerprint density at radius 2 is 0.964 bits per heavy atom. The highest BCUT2D eigenvalue weighted by Crippen LogP contribution is 2.24. The average molecular weight is 392 g/mol. The first kappa shape index (κ1) is 22.4. The second-order valence-electron chi connectivity index (χ2n) is 7.25. The summed E-state index contributed by atoms with van der Waals surface area (Å²) in [4.78, 5) is 23.8. The molecule has 0 aromatic heterocycles. The molecule has 28 heavy (non-hydrogen) atoms. The Kier molecular flexibility index (Phi) is 10.0. The Hall–Kier alpha value is -1.92. The van der Waals surface area contributed by atoms with E-state index in [9.17, 15) is 9.59 Å². The van der Waals surface area contributed by atoms with Crippen LogP contribution in [-0.2, 0) is 28.5 Å². The van der Waals surface area contributed by atoms with Crippen molar-refractivity contribution in [1.82, 2.24) is 0 Å². The largest absolute Gasteiger partial charge is 0.459 e. The first-order valence-corrected chi connectivity index (χ1v) is 10.1. The van der Waals surface area contributed by atoms with E-state index in [4.69, 9.17) is 18.9 Å². The van der Waals surface area contributed by atoms with Crippen molar-refractivity contribution in [2.45, 2.75) is 75.8 Å². The van der Waals surface area contributed by atoms with E-state index in [2.05, 4.69) is 13.2 Å². The summed E-state index contributed by atoms with van der Waals surface area (Å²) in [6.07, 6.45) is 12.4. The lowest BCUT2D eigenvalue weighted by Crippen LogP contribution is -2.28. The molecule has 2 rings (SSSR count). The predicted molar refractivity (Wildman–Crippen MR) is 106 cm³/mol. The molecule has 0 radical (unpaired) electrons. The van der Waals surface area contributed by atoms with E-state index in [0.717, 1.165) is 63.5 Å². The van der Waals surface area contributed by atoms with E-state index in [-0.39, 0.29) is 24.4 Å². The van der Waals surface area contributed by atoms with E-state index in [1.165, 1.54) is 0 Å². The molecule has 0 atom stereocenters. The van der Waals surface area contributed by atoms with Crippen molar-refractivity contribution in [3.05, 3.63) is 37.5 Å². The molecule has 156 valence electrons. The summed E-state index contributed by atoms with van der Waals surface area (Å²) in [6, 6.07) is 0.